The molecule has 0 bridgehead atoms. The highest BCUT2D eigenvalue weighted by atomic mass is 19.4. The van der Waals surface area contributed by atoms with E-state index in [0.717, 1.165) is 18.2 Å². The van der Waals surface area contributed by atoms with Crippen molar-refractivity contribution in [3.63, 3.8) is 0 Å². The van der Waals surface area contributed by atoms with Crippen LogP contribution in [0.5, 0.6) is 0 Å². The average molecular weight is 660 g/mol. The molecule has 0 radical (unpaired) electrons. The molecule has 6 nitrogen and oxygen atoms in total. The molecule has 1 saturated carbocycles. The maximum atomic E-state index is 13.7. The van der Waals surface area contributed by atoms with Crippen molar-refractivity contribution in [2.45, 2.75) is 18.5 Å². The Balaban J connectivity index is 2.24. The highest BCUT2D eigenvalue weighted by Crippen LogP contribution is 2.56. The highest BCUT2D eigenvalue weighted by molar-refractivity contribution is 6.12. The SMILES string of the molecule is N#CC(=C1C(=C(C#N)c2cc(C#N)cc(C(F)(F)F)c2)C1=C(C#N)c1cc(C#N)cc(C(F)(F)F)c1)c1cc(C#N)cc(C(F)(F)F)c1. The van der Waals surface area contributed by atoms with Gasteiger partial charge in [0.15, 0.2) is 0 Å². The standard InChI is InChI=1S/C33H9F9N6/c34-31(35,36)22-4-16(10-43)1-19(7-22)25(13-46)28-29(26(14-47)20-2-17(11-44)5-23(8-20)32(37,38)39)30(28)27(15-48)21-3-18(12-45)6-24(9-21)33(40,41)42/h1-9H. The van der Waals surface area contributed by atoms with Crippen molar-refractivity contribution in [1.29, 1.82) is 31.6 Å². The third-order valence-electron chi connectivity index (χ3n) is 6.81. The molecule has 0 heterocycles. The molecule has 0 aromatic heterocycles. The number of nitrogens with zero attached hydrogens (tertiary/aromatic N) is 6. The molecular weight excluding hydrogens is 651 g/mol. The van der Waals surface area contributed by atoms with Crippen LogP contribution >= 0.6 is 0 Å². The van der Waals surface area contributed by atoms with Crippen molar-refractivity contribution in [3.8, 4) is 36.4 Å². The third-order valence-corrected chi connectivity index (χ3v) is 6.81. The molecule has 234 valence electrons. The van der Waals surface area contributed by atoms with Crippen LogP contribution in [0.15, 0.2) is 71.3 Å². The zero-order valence-corrected chi connectivity index (χ0v) is 23.3. The molecule has 1 aliphatic rings. The zero-order valence-electron chi connectivity index (χ0n) is 23.3. The molecule has 1 aliphatic carbocycles. The van der Waals surface area contributed by atoms with Crippen LogP contribution < -0.4 is 0 Å². The quantitative estimate of drug-likeness (QED) is 0.203. The monoisotopic (exact) mass is 660 g/mol. The summed E-state index contributed by atoms with van der Waals surface area (Å²) >= 11 is 0. The van der Waals surface area contributed by atoms with E-state index in [1.165, 1.54) is 18.2 Å². The fourth-order valence-corrected chi connectivity index (χ4v) is 4.73. The van der Waals surface area contributed by atoms with Gasteiger partial charge in [-0.05, 0) is 71.3 Å². The van der Waals surface area contributed by atoms with E-state index in [2.05, 4.69) is 0 Å². The summed E-state index contributed by atoms with van der Waals surface area (Å²) in [6, 6.07) is 14.6. The van der Waals surface area contributed by atoms with E-state index in [4.69, 9.17) is 0 Å². The molecule has 15 heteroatoms. The number of nitriles is 6. The maximum absolute atomic E-state index is 13.7. The summed E-state index contributed by atoms with van der Waals surface area (Å²) in [5.74, 6) is 0. The van der Waals surface area contributed by atoms with E-state index in [0.29, 0.717) is 36.4 Å². The van der Waals surface area contributed by atoms with Crippen LogP contribution in [0.1, 0.15) is 50.1 Å². The minimum absolute atomic E-state index is 0.453. The van der Waals surface area contributed by atoms with E-state index in [1.54, 1.807) is 18.2 Å². The Labute approximate surface area is 264 Å². The van der Waals surface area contributed by atoms with Gasteiger partial charge in [0.2, 0.25) is 0 Å². The van der Waals surface area contributed by atoms with Gasteiger partial charge in [0.1, 0.15) is 18.2 Å². The Morgan fingerprint density at radius 2 is 0.604 bits per heavy atom. The molecule has 0 atom stereocenters. The number of rotatable bonds is 3. The topological polar surface area (TPSA) is 143 Å². The normalized spacial score (nSPS) is 12.4. The molecule has 0 N–H and O–H groups in total. The first-order chi connectivity index (χ1) is 22.4. The summed E-state index contributed by atoms with van der Waals surface area (Å²) in [5.41, 5.74) is -11.3. The minimum Gasteiger partial charge on any atom is -0.192 e. The van der Waals surface area contributed by atoms with Crippen LogP contribution in [0.2, 0.25) is 0 Å². The molecule has 1 fully saturated rings. The Morgan fingerprint density at radius 3 is 0.771 bits per heavy atom. The third kappa shape index (κ3) is 6.58. The maximum Gasteiger partial charge on any atom is 0.416 e. The number of halogens is 9. The summed E-state index contributed by atoms with van der Waals surface area (Å²) < 4.78 is 123. The van der Waals surface area contributed by atoms with Crippen LogP contribution in [0.25, 0.3) is 16.7 Å². The van der Waals surface area contributed by atoms with E-state index in [1.807, 2.05) is 0 Å². The van der Waals surface area contributed by atoms with Gasteiger partial charge in [0, 0.05) is 16.7 Å². The highest BCUT2D eigenvalue weighted by Gasteiger charge is 2.43. The van der Waals surface area contributed by atoms with Gasteiger partial charge in [-0.3, -0.25) is 0 Å². The van der Waals surface area contributed by atoms with Gasteiger partial charge in [-0.2, -0.15) is 71.1 Å². The second-order valence-corrected chi connectivity index (χ2v) is 9.81. The molecule has 0 amide bonds. The summed E-state index contributed by atoms with van der Waals surface area (Å²) in [7, 11) is 0. The van der Waals surface area contributed by atoms with E-state index in [9.17, 15) is 71.1 Å². The van der Waals surface area contributed by atoms with Crippen LogP contribution in [0.3, 0.4) is 0 Å². The summed E-state index contributed by atoms with van der Waals surface area (Å²) in [5, 5.41) is 58.4. The van der Waals surface area contributed by atoms with Crippen molar-refractivity contribution in [1.82, 2.24) is 0 Å². The zero-order chi connectivity index (χ0) is 35.8. The molecular formula is C33H9F9N6. The molecule has 4 rings (SSSR count). The summed E-state index contributed by atoms with van der Waals surface area (Å²) in [4.78, 5) is 0. The lowest BCUT2D eigenvalue weighted by Gasteiger charge is -2.09. The van der Waals surface area contributed by atoms with Crippen molar-refractivity contribution >= 4 is 16.7 Å². The second-order valence-electron chi connectivity index (χ2n) is 9.81. The molecule has 0 unspecified atom stereocenters. The Kier molecular flexibility index (Phi) is 8.65. The first-order valence-corrected chi connectivity index (χ1v) is 12.7. The van der Waals surface area contributed by atoms with Gasteiger partial charge in [-0.15, -0.1) is 0 Å². The largest absolute Gasteiger partial charge is 0.416 e. The van der Waals surface area contributed by atoms with Crippen LogP contribution in [0.4, 0.5) is 39.5 Å². The van der Waals surface area contributed by atoms with E-state index < -0.39 is 102 Å². The molecule has 3 aromatic carbocycles. The lowest BCUT2D eigenvalue weighted by atomic mass is 9.98. The molecule has 0 saturated heterocycles. The van der Waals surface area contributed by atoms with Crippen LogP contribution in [0, 0.1) is 68.0 Å². The van der Waals surface area contributed by atoms with Crippen LogP contribution in [-0.2, 0) is 18.5 Å². The van der Waals surface area contributed by atoms with Gasteiger partial charge < -0.3 is 0 Å². The van der Waals surface area contributed by atoms with E-state index >= 15 is 0 Å². The number of hydrogen-bond acceptors (Lipinski definition) is 6. The predicted octanol–water partition coefficient (Wildman–Crippen LogP) is 8.60. The van der Waals surface area contributed by atoms with Gasteiger partial charge in [0.25, 0.3) is 0 Å². The van der Waals surface area contributed by atoms with Gasteiger partial charge in [-0.25, -0.2) is 0 Å². The smallest absolute Gasteiger partial charge is 0.192 e. The summed E-state index contributed by atoms with van der Waals surface area (Å²) in [6.45, 7) is 0. The fourth-order valence-electron chi connectivity index (χ4n) is 4.73. The van der Waals surface area contributed by atoms with Gasteiger partial charge >= 0.3 is 18.5 Å². The summed E-state index contributed by atoms with van der Waals surface area (Å²) in [6.07, 6.45) is -15.1. The van der Waals surface area contributed by atoms with Crippen molar-refractivity contribution in [3.05, 3.63) is 121 Å². The van der Waals surface area contributed by atoms with Gasteiger partial charge in [-0.1, -0.05) is 0 Å². The van der Waals surface area contributed by atoms with E-state index in [-0.39, 0.29) is 0 Å². The molecule has 0 aliphatic heterocycles. The molecule has 3 aromatic rings. The number of hydrogen-bond donors (Lipinski definition) is 0. The fraction of sp³-hybridized carbons (Fsp3) is 0.0909. The minimum atomic E-state index is -5.04. The number of alkyl halides is 9. The lowest BCUT2D eigenvalue weighted by Crippen LogP contribution is -2.06. The molecule has 48 heavy (non-hydrogen) atoms. The Hall–Kier alpha value is -6.81. The molecule has 0 spiro atoms. The average Bonchev–Trinajstić information content (AvgIpc) is 3.73. The second kappa shape index (κ2) is 12.2. The number of benzene rings is 3. The van der Waals surface area contributed by atoms with Crippen LogP contribution in [-0.4, -0.2) is 0 Å². The Bertz CT molecular complexity index is 1990. The van der Waals surface area contributed by atoms with Gasteiger partial charge in [0.05, 0.1) is 68.3 Å². The van der Waals surface area contributed by atoms with Crippen molar-refractivity contribution in [2.24, 2.45) is 0 Å². The first kappa shape index (κ1) is 34.1. The van der Waals surface area contributed by atoms with Crippen molar-refractivity contribution in [2.75, 3.05) is 0 Å². The predicted molar refractivity (Wildman–Crippen MR) is 146 cm³/mol. The van der Waals surface area contributed by atoms with Crippen molar-refractivity contribution < 1.29 is 39.5 Å². The Morgan fingerprint density at radius 1 is 0.375 bits per heavy atom. The number of allylic oxidation sites excluding steroid dienone is 6. The first-order valence-electron chi connectivity index (χ1n) is 12.7. The lowest BCUT2D eigenvalue weighted by molar-refractivity contribution is -0.138.